The van der Waals surface area contributed by atoms with Crippen LogP contribution in [-0.2, 0) is 6.54 Å². The van der Waals surface area contributed by atoms with E-state index in [1.807, 2.05) is 18.2 Å². The number of rotatable bonds is 3. The fraction of sp³-hybridized carbons (Fsp3) is 0.200. The first kappa shape index (κ1) is 12.6. The molecule has 3 rings (SSSR count). The molecule has 0 amide bonds. The van der Waals surface area contributed by atoms with Crippen LogP contribution < -0.4 is 11.3 Å². The number of anilines is 1. The molecule has 0 aliphatic carbocycles. The first-order valence-corrected chi connectivity index (χ1v) is 6.53. The summed E-state index contributed by atoms with van der Waals surface area (Å²) in [5.74, 6) is 6.22. The van der Waals surface area contributed by atoms with Crippen LogP contribution in [0.2, 0.25) is 0 Å². The highest BCUT2D eigenvalue weighted by molar-refractivity contribution is 5.91. The van der Waals surface area contributed by atoms with Gasteiger partial charge >= 0.3 is 0 Å². The van der Waals surface area contributed by atoms with Gasteiger partial charge in [-0.05, 0) is 25.0 Å². The van der Waals surface area contributed by atoms with Gasteiger partial charge in [-0.2, -0.15) is 0 Å². The Morgan fingerprint density at radius 1 is 1.15 bits per heavy atom. The number of nitrogen functional groups attached to an aromatic ring is 1. The van der Waals surface area contributed by atoms with Crippen LogP contribution >= 0.6 is 0 Å². The van der Waals surface area contributed by atoms with Gasteiger partial charge in [0, 0.05) is 12.2 Å². The molecule has 2 heterocycles. The smallest absolute Gasteiger partial charge is 0.153 e. The number of nitrogens with one attached hydrogen (secondary N) is 1. The van der Waals surface area contributed by atoms with Crippen molar-refractivity contribution in [2.24, 2.45) is 5.84 Å². The normalized spacial score (nSPS) is 10.9. The fourth-order valence-corrected chi connectivity index (χ4v) is 2.54. The van der Waals surface area contributed by atoms with Crippen molar-refractivity contribution in [2.45, 2.75) is 20.4 Å². The predicted octanol–water partition coefficient (Wildman–Crippen LogP) is 2.38. The summed E-state index contributed by atoms with van der Waals surface area (Å²) in [5.41, 5.74) is 7.14. The highest BCUT2D eigenvalue weighted by Crippen LogP contribution is 2.28. The van der Waals surface area contributed by atoms with Crippen LogP contribution in [0.3, 0.4) is 0 Å². The summed E-state index contributed by atoms with van der Waals surface area (Å²) in [7, 11) is 0. The molecular formula is C15H17N5. The third-order valence-corrected chi connectivity index (χ3v) is 3.73. The van der Waals surface area contributed by atoms with Crippen LogP contribution in [0, 0.1) is 13.8 Å². The summed E-state index contributed by atoms with van der Waals surface area (Å²) in [6.45, 7) is 4.96. The molecule has 0 aliphatic heterocycles. The minimum absolute atomic E-state index is 0.669. The van der Waals surface area contributed by atoms with Gasteiger partial charge in [0.1, 0.15) is 12.0 Å². The van der Waals surface area contributed by atoms with Crippen molar-refractivity contribution >= 4 is 16.9 Å². The van der Waals surface area contributed by atoms with Crippen LogP contribution in [0.15, 0.2) is 36.7 Å². The van der Waals surface area contributed by atoms with Crippen molar-refractivity contribution in [3.05, 3.63) is 53.5 Å². The number of nitrogens with zero attached hydrogens (tertiary/aromatic N) is 3. The average molecular weight is 267 g/mol. The Hall–Kier alpha value is -2.40. The molecule has 2 aromatic heterocycles. The minimum atomic E-state index is 0.669. The molecule has 1 aromatic carbocycles. The van der Waals surface area contributed by atoms with Gasteiger partial charge in [-0.25, -0.2) is 15.8 Å². The molecule has 0 bridgehead atoms. The first-order chi connectivity index (χ1) is 9.72. The van der Waals surface area contributed by atoms with Gasteiger partial charge in [-0.15, -0.1) is 0 Å². The van der Waals surface area contributed by atoms with Crippen molar-refractivity contribution in [3.8, 4) is 0 Å². The molecule has 5 nitrogen and oxygen atoms in total. The van der Waals surface area contributed by atoms with E-state index in [1.165, 1.54) is 17.6 Å². The first-order valence-electron chi connectivity index (χ1n) is 6.53. The topological polar surface area (TPSA) is 68.8 Å². The number of hydrazine groups is 1. The highest BCUT2D eigenvalue weighted by atomic mass is 15.3. The molecule has 3 aromatic rings. The molecule has 0 radical (unpaired) electrons. The largest absolute Gasteiger partial charge is 0.325 e. The average Bonchev–Trinajstić information content (AvgIpc) is 2.73. The summed E-state index contributed by atoms with van der Waals surface area (Å²) < 4.78 is 2.20. The van der Waals surface area contributed by atoms with Crippen LogP contribution in [-0.4, -0.2) is 14.5 Å². The molecule has 3 N–H and O–H groups in total. The van der Waals surface area contributed by atoms with Crippen molar-refractivity contribution in [2.75, 3.05) is 5.43 Å². The second-order valence-corrected chi connectivity index (χ2v) is 4.85. The molecule has 0 unspecified atom stereocenters. The maximum absolute atomic E-state index is 5.55. The van der Waals surface area contributed by atoms with Crippen LogP contribution in [0.4, 0.5) is 5.82 Å². The van der Waals surface area contributed by atoms with E-state index in [9.17, 15) is 0 Å². The third-order valence-electron chi connectivity index (χ3n) is 3.73. The zero-order valence-electron chi connectivity index (χ0n) is 11.6. The highest BCUT2D eigenvalue weighted by Gasteiger charge is 2.15. The van der Waals surface area contributed by atoms with Crippen molar-refractivity contribution in [3.63, 3.8) is 0 Å². The lowest BCUT2D eigenvalue weighted by Crippen LogP contribution is -2.09. The van der Waals surface area contributed by atoms with Gasteiger partial charge in [0.15, 0.2) is 5.82 Å². The number of benzene rings is 1. The fourth-order valence-electron chi connectivity index (χ4n) is 2.54. The Kier molecular flexibility index (Phi) is 3.12. The van der Waals surface area contributed by atoms with Crippen LogP contribution in [0.5, 0.6) is 0 Å². The molecule has 0 atom stereocenters. The van der Waals surface area contributed by atoms with Gasteiger partial charge in [0.05, 0.1) is 5.39 Å². The van der Waals surface area contributed by atoms with E-state index in [4.69, 9.17) is 5.84 Å². The van der Waals surface area contributed by atoms with E-state index in [1.54, 1.807) is 0 Å². The molecule has 0 saturated heterocycles. The zero-order chi connectivity index (χ0) is 14.1. The monoisotopic (exact) mass is 267 g/mol. The minimum Gasteiger partial charge on any atom is -0.325 e. The Bertz CT molecular complexity index is 746. The SMILES string of the molecule is Cc1c(C)n(Cc2ccccc2)c2ncnc(NN)c12. The van der Waals surface area contributed by atoms with Crippen molar-refractivity contribution in [1.82, 2.24) is 14.5 Å². The van der Waals surface area contributed by atoms with Crippen LogP contribution in [0.25, 0.3) is 11.0 Å². The molecule has 0 aliphatic rings. The van der Waals surface area contributed by atoms with E-state index >= 15 is 0 Å². The van der Waals surface area contributed by atoms with Gasteiger partial charge in [0.2, 0.25) is 0 Å². The van der Waals surface area contributed by atoms with E-state index in [-0.39, 0.29) is 0 Å². The maximum atomic E-state index is 5.55. The van der Waals surface area contributed by atoms with E-state index < -0.39 is 0 Å². The number of aromatic nitrogens is 3. The zero-order valence-corrected chi connectivity index (χ0v) is 11.6. The van der Waals surface area contributed by atoms with Crippen molar-refractivity contribution in [1.29, 1.82) is 0 Å². The Morgan fingerprint density at radius 2 is 1.90 bits per heavy atom. The van der Waals surface area contributed by atoms with E-state index in [0.717, 1.165) is 23.1 Å². The summed E-state index contributed by atoms with van der Waals surface area (Å²) in [5, 5.41) is 0.989. The number of aryl methyl sites for hydroxylation is 1. The summed E-state index contributed by atoms with van der Waals surface area (Å²) in [6.07, 6.45) is 1.54. The van der Waals surface area contributed by atoms with Crippen molar-refractivity contribution < 1.29 is 0 Å². The van der Waals surface area contributed by atoms with E-state index in [0.29, 0.717) is 5.82 Å². The second-order valence-electron chi connectivity index (χ2n) is 4.85. The van der Waals surface area contributed by atoms with Gasteiger partial charge in [-0.3, -0.25) is 0 Å². The lowest BCUT2D eigenvalue weighted by molar-refractivity contribution is 0.790. The number of hydrogen-bond acceptors (Lipinski definition) is 4. The Balaban J connectivity index is 2.19. The summed E-state index contributed by atoms with van der Waals surface area (Å²) in [4.78, 5) is 8.61. The number of nitrogens with two attached hydrogens (primary N) is 1. The molecule has 0 fully saturated rings. The Labute approximate surface area is 117 Å². The summed E-state index contributed by atoms with van der Waals surface area (Å²) >= 11 is 0. The molecule has 0 spiro atoms. The second kappa shape index (κ2) is 4.94. The lowest BCUT2D eigenvalue weighted by atomic mass is 10.2. The number of hydrogen-bond donors (Lipinski definition) is 2. The molecule has 0 saturated carbocycles. The molecule has 20 heavy (non-hydrogen) atoms. The molecular weight excluding hydrogens is 250 g/mol. The van der Waals surface area contributed by atoms with Crippen LogP contribution in [0.1, 0.15) is 16.8 Å². The van der Waals surface area contributed by atoms with Gasteiger partial charge in [-0.1, -0.05) is 30.3 Å². The Morgan fingerprint density at radius 3 is 2.60 bits per heavy atom. The predicted molar refractivity (Wildman–Crippen MR) is 80.4 cm³/mol. The number of fused-ring (bicyclic) bond motifs is 1. The van der Waals surface area contributed by atoms with Gasteiger partial charge in [0.25, 0.3) is 0 Å². The van der Waals surface area contributed by atoms with Gasteiger partial charge < -0.3 is 9.99 Å². The molecule has 5 heteroatoms. The molecule has 102 valence electrons. The lowest BCUT2D eigenvalue weighted by Gasteiger charge is -2.08. The van der Waals surface area contributed by atoms with E-state index in [2.05, 4.69) is 45.9 Å². The quantitative estimate of drug-likeness (QED) is 0.564. The standard InChI is InChI=1S/C15H17N5/c1-10-11(2)20(8-12-6-4-3-5-7-12)15-13(10)14(19-16)17-9-18-15/h3-7,9H,8,16H2,1-2H3,(H,17,18,19). The summed E-state index contributed by atoms with van der Waals surface area (Å²) in [6, 6.07) is 10.3. The maximum Gasteiger partial charge on any atom is 0.153 e. The third kappa shape index (κ3) is 1.92.